The largest absolute Gasteiger partial charge is 0.351 e. The molecule has 0 radical (unpaired) electrons. The zero-order chi connectivity index (χ0) is 13.1. The highest BCUT2D eigenvalue weighted by molar-refractivity contribution is 5.84. The Kier molecular flexibility index (Phi) is 2.00. The van der Waals surface area contributed by atoms with E-state index >= 15 is 0 Å². The minimum absolute atomic E-state index is 0.390. The van der Waals surface area contributed by atoms with Gasteiger partial charge in [-0.25, -0.2) is 4.98 Å². The maximum Gasteiger partial charge on any atom is 0.158 e. The van der Waals surface area contributed by atoms with Crippen molar-refractivity contribution in [3.8, 4) is 0 Å². The van der Waals surface area contributed by atoms with E-state index in [1.54, 1.807) is 0 Å². The molecule has 1 atom stereocenters. The third kappa shape index (κ3) is 1.35. The van der Waals surface area contributed by atoms with Gasteiger partial charge in [0, 0.05) is 25.4 Å². The molecule has 2 aliphatic rings. The van der Waals surface area contributed by atoms with Gasteiger partial charge in [-0.2, -0.15) is 0 Å². The molecule has 2 aliphatic heterocycles. The number of likely N-dealkylation sites (N-methyl/N-ethyl adjacent to an activating group) is 1. The van der Waals surface area contributed by atoms with E-state index in [4.69, 9.17) is 0 Å². The number of hydrogen-bond acceptors (Lipinski definition) is 3. The highest BCUT2D eigenvalue weighted by atomic mass is 15.4. The van der Waals surface area contributed by atoms with Gasteiger partial charge in [-0.15, -0.1) is 0 Å². The van der Waals surface area contributed by atoms with Crippen molar-refractivity contribution in [2.45, 2.75) is 26.4 Å². The number of anilines is 3. The molecule has 1 aromatic heterocycles. The van der Waals surface area contributed by atoms with Crippen LogP contribution in [0.25, 0.3) is 0 Å². The van der Waals surface area contributed by atoms with Gasteiger partial charge >= 0.3 is 0 Å². The molecule has 1 unspecified atom stereocenters. The molecule has 96 valence electrons. The van der Waals surface area contributed by atoms with Crippen molar-refractivity contribution in [3.05, 3.63) is 47.2 Å². The van der Waals surface area contributed by atoms with Crippen LogP contribution in [0.3, 0.4) is 0 Å². The van der Waals surface area contributed by atoms with Crippen molar-refractivity contribution in [2.24, 2.45) is 0 Å². The van der Waals surface area contributed by atoms with Gasteiger partial charge in [0.15, 0.2) is 5.82 Å². The van der Waals surface area contributed by atoms with Crippen LogP contribution < -0.4 is 9.80 Å². The molecule has 1 aromatic carbocycles. The number of aromatic nitrogens is 1. The van der Waals surface area contributed by atoms with Gasteiger partial charge in [-0.3, -0.25) is 0 Å². The molecule has 0 aliphatic carbocycles. The maximum atomic E-state index is 4.66. The Morgan fingerprint density at radius 3 is 2.74 bits per heavy atom. The van der Waals surface area contributed by atoms with Crippen LogP contribution in [0.15, 0.2) is 30.5 Å². The molecular weight excluding hydrogens is 234 g/mol. The first kappa shape index (κ1) is 10.9. The number of benzene rings is 1. The zero-order valence-corrected chi connectivity index (χ0v) is 11.5. The van der Waals surface area contributed by atoms with Crippen molar-refractivity contribution in [2.75, 3.05) is 16.8 Å². The van der Waals surface area contributed by atoms with Crippen molar-refractivity contribution in [1.82, 2.24) is 4.98 Å². The van der Waals surface area contributed by atoms with Gasteiger partial charge in [0.05, 0.1) is 5.69 Å². The lowest BCUT2D eigenvalue weighted by atomic mass is 10.1. The first-order valence-corrected chi connectivity index (χ1v) is 6.73. The fourth-order valence-electron chi connectivity index (χ4n) is 3.24. The predicted octanol–water partition coefficient (Wildman–Crippen LogP) is 3.17. The van der Waals surface area contributed by atoms with Crippen molar-refractivity contribution in [3.63, 3.8) is 0 Å². The van der Waals surface area contributed by atoms with Gasteiger partial charge in [-0.1, -0.05) is 12.1 Å². The van der Waals surface area contributed by atoms with Gasteiger partial charge < -0.3 is 9.80 Å². The Bertz CT molecular complexity index is 678. The van der Waals surface area contributed by atoms with Crippen LogP contribution in [-0.2, 0) is 6.42 Å². The average Bonchev–Trinajstić information content (AvgIpc) is 2.87. The summed E-state index contributed by atoms with van der Waals surface area (Å²) < 4.78 is 0. The molecule has 0 N–H and O–H groups in total. The molecule has 0 spiro atoms. The Morgan fingerprint density at radius 1 is 1.11 bits per heavy atom. The van der Waals surface area contributed by atoms with Gasteiger partial charge in [0.1, 0.15) is 6.17 Å². The minimum Gasteiger partial charge on any atom is -0.351 e. The van der Waals surface area contributed by atoms with Crippen LogP contribution >= 0.6 is 0 Å². The summed E-state index contributed by atoms with van der Waals surface area (Å²) >= 11 is 0. The summed E-state index contributed by atoms with van der Waals surface area (Å²) in [6, 6.07) is 8.96. The van der Waals surface area contributed by atoms with E-state index in [1.807, 2.05) is 6.20 Å². The Morgan fingerprint density at radius 2 is 1.89 bits per heavy atom. The van der Waals surface area contributed by atoms with Crippen molar-refractivity contribution < 1.29 is 0 Å². The lowest BCUT2D eigenvalue weighted by molar-refractivity contribution is 0.702. The first-order valence-electron chi connectivity index (χ1n) is 6.73. The number of fused-ring (bicyclic) bond motifs is 5. The molecule has 4 rings (SSSR count). The summed E-state index contributed by atoms with van der Waals surface area (Å²) in [6.45, 7) is 4.25. The van der Waals surface area contributed by atoms with E-state index < -0.39 is 0 Å². The first-order chi connectivity index (χ1) is 9.15. The second-order valence-electron chi connectivity index (χ2n) is 5.65. The molecule has 19 heavy (non-hydrogen) atoms. The van der Waals surface area contributed by atoms with Crippen LogP contribution in [0, 0.1) is 13.8 Å². The van der Waals surface area contributed by atoms with E-state index in [2.05, 4.69) is 59.9 Å². The fraction of sp³-hybridized carbons (Fsp3) is 0.312. The minimum atomic E-state index is 0.390. The van der Waals surface area contributed by atoms with Gasteiger partial charge in [-0.05, 0) is 42.7 Å². The van der Waals surface area contributed by atoms with E-state index in [9.17, 15) is 0 Å². The fourth-order valence-corrected chi connectivity index (χ4v) is 3.24. The van der Waals surface area contributed by atoms with Crippen molar-refractivity contribution in [1.29, 1.82) is 0 Å². The van der Waals surface area contributed by atoms with Gasteiger partial charge in [0.2, 0.25) is 0 Å². The number of pyridine rings is 1. The third-order valence-electron chi connectivity index (χ3n) is 4.24. The number of rotatable bonds is 0. The Labute approximate surface area is 113 Å². The quantitative estimate of drug-likeness (QED) is 0.717. The molecule has 3 heteroatoms. The van der Waals surface area contributed by atoms with Crippen molar-refractivity contribution >= 4 is 17.2 Å². The van der Waals surface area contributed by atoms with Gasteiger partial charge in [0.25, 0.3) is 0 Å². The molecule has 3 nitrogen and oxygen atoms in total. The second kappa shape index (κ2) is 3.50. The number of hydrogen-bond donors (Lipinski definition) is 0. The molecule has 3 heterocycles. The summed E-state index contributed by atoms with van der Waals surface area (Å²) in [6.07, 6.45) is 3.42. The zero-order valence-electron chi connectivity index (χ0n) is 11.5. The normalized spacial score (nSPS) is 19.4. The predicted molar refractivity (Wildman–Crippen MR) is 78.2 cm³/mol. The van der Waals surface area contributed by atoms with Crippen LogP contribution in [-0.4, -0.2) is 18.2 Å². The molecule has 2 aromatic rings. The summed E-state index contributed by atoms with van der Waals surface area (Å²) in [7, 11) is 2.17. The molecular formula is C16H17N3. The lowest BCUT2D eigenvalue weighted by Crippen LogP contribution is -2.36. The van der Waals surface area contributed by atoms with Crippen LogP contribution in [0.2, 0.25) is 0 Å². The Balaban J connectivity index is 1.93. The Hall–Kier alpha value is -2.03. The monoisotopic (exact) mass is 251 g/mol. The molecule has 0 saturated carbocycles. The topological polar surface area (TPSA) is 19.4 Å². The highest BCUT2D eigenvalue weighted by Crippen LogP contribution is 2.48. The highest BCUT2D eigenvalue weighted by Gasteiger charge is 2.41. The van der Waals surface area contributed by atoms with Crippen LogP contribution in [0.4, 0.5) is 17.2 Å². The van der Waals surface area contributed by atoms with E-state index in [0.717, 1.165) is 12.2 Å². The summed E-state index contributed by atoms with van der Waals surface area (Å²) in [5, 5.41) is 0. The molecule has 0 amide bonds. The van der Waals surface area contributed by atoms with E-state index in [-0.39, 0.29) is 0 Å². The second-order valence-corrected chi connectivity index (χ2v) is 5.65. The molecule has 0 bridgehead atoms. The number of aryl methyl sites for hydroxylation is 2. The lowest BCUT2D eigenvalue weighted by Gasteiger charge is -2.23. The SMILES string of the molecule is Cc1cnc2c(c1)N(C)C1Cc3ccc(C)cc3N21. The maximum absolute atomic E-state index is 4.66. The van der Waals surface area contributed by atoms with Crippen LogP contribution in [0.5, 0.6) is 0 Å². The third-order valence-corrected chi connectivity index (χ3v) is 4.24. The summed E-state index contributed by atoms with van der Waals surface area (Å²) in [5.41, 5.74) is 6.53. The van der Waals surface area contributed by atoms with E-state index in [1.165, 1.54) is 28.1 Å². The summed E-state index contributed by atoms with van der Waals surface area (Å²) in [4.78, 5) is 9.40. The standard InChI is InChI=1S/C16H17N3/c1-10-4-5-12-8-15-18(3)14-7-11(2)9-17-16(14)19(15)13(12)6-10/h4-7,9,15H,8H2,1-3H3. The molecule has 0 fully saturated rings. The number of nitrogens with zero attached hydrogens (tertiary/aromatic N) is 3. The average molecular weight is 251 g/mol. The van der Waals surface area contributed by atoms with E-state index in [0.29, 0.717) is 6.17 Å². The smallest absolute Gasteiger partial charge is 0.158 e. The summed E-state index contributed by atoms with van der Waals surface area (Å²) in [5.74, 6) is 1.10. The van der Waals surface area contributed by atoms with Crippen LogP contribution in [0.1, 0.15) is 16.7 Å². The molecule has 0 saturated heterocycles.